The number of carbonyl (C=O) groups is 1. The maximum atomic E-state index is 11.5. The number of unbranched alkanes of at least 4 members (excludes halogenated alkanes) is 1. The Kier molecular flexibility index (Phi) is 6.87. The van der Waals surface area contributed by atoms with Gasteiger partial charge in [0.05, 0.1) is 0 Å². The predicted octanol–water partition coefficient (Wildman–Crippen LogP) is 1.70. The quantitative estimate of drug-likeness (QED) is 0.690. The summed E-state index contributed by atoms with van der Waals surface area (Å²) in [7, 11) is 1.90. The zero-order valence-corrected chi connectivity index (χ0v) is 11.2. The molecule has 0 spiro atoms. The van der Waals surface area contributed by atoms with Gasteiger partial charge in [-0.05, 0) is 31.2 Å². The molecule has 0 atom stereocenters. The van der Waals surface area contributed by atoms with Crippen LogP contribution in [-0.4, -0.2) is 26.1 Å². The van der Waals surface area contributed by atoms with Crippen molar-refractivity contribution in [3.63, 3.8) is 0 Å². The fraction of sp³-hybridized carbons (Fsp3) is 0.500. The molecule has 0 aromatic heterocycles. The predicted molar refractivity (Wildman–Crippen MR) is 72.6 cm³/mol. The van der Waals surface area contributed by atoms with Crippen molar-refractivity contribution in [1.29, 1.82) is 0 Å². The summed E-state index contributed by atoms with van der Waals surface area (Å²) in [5.41, 5.74) is 1.14. The highest BCUT2D eigenvalue weighted by Crippen LogP contribution is 2.12. The molecule has 100 valence electrons. The van der Waals surface area contributed by atoms with Crippen molar-refractivity contribution in [3.8, 4) is 5.75 Å². The molecule has 1 amide bonds. The largest absolute Gasteiger partial charge is 0.484 e. The number of amides is 1. The number of rotatable bonds is 8. The van der Waals surface area contributed by atoms with E-state index in [1.807, 2.05) is 31.3 Å². The normalized spacial score (nSPS) is 10.1. The van der Waals surface area contributed by atoms with E-state index in [9.17, 15) is 4.79 Å². The standard InChI is InChI=1S/C14H22N2O2/c1-3-4-8-16-14(17)11-18-13-7-5-6-12(9-13)10-15-2/h5-7,9,15H,3-4,8,10-11H2,1-2H3,(H,16,17). The summed E-state index contributed by atoms with van der Waals surface area (Å²) in [6, 6.07) is 7.75. The Morgan fingerprint density at radius 2 is 2.22 bits per heavy atom. The summed E-state index contributed by atoms with van der Waals surface area (Å²) < 4.78 is 5.45. The van der Waals surface area contributed by atoms with Crippen LogP contribution in [0.25, 0.3) is 0 Å². The molecule has 1 rings (SSSR count). The first kappa shape index (κ1) is 14.5. The molecule has 4 nitrogen and oxygen atoms in total. The zero-order chi connectivity index (χ0) is 13.2. The lowest BCUT2D eigenvalue weighted by atomic mass is 10.2. The van der Waals surface area contributed by atoms with E-state index in [1.54, 1.807) is 0 Å². The Bertz CT molecular complexity index is 367. The number of nitrogens with one attached hydrogen (secondary N) is 2. The lowest BCUT2D eigenvalue weighted by Crippen LogP contribution is -2.29. The van der Waals surface area contributed by atoms with E-state index in [-0.39, 0.29) is 12.5 Å². The molecule has 0 fully saturated rings. The maximum absolute atomic E-state index is 11.5. The molecule has 2 N–H and O–H groups in total. The highest BCUT2D eigenvalue weighted by atomic mass is 16.5. The molecule has 0 aliphatic rings. The minimum absolute atomic E-state index is 0.0672. The first-order valence-electron chi connectivity index (χ1n) is 6.39. The second-order valence-corrected chi connectivity index (χ2v) is 4.17. The van der Waals surface area contributed by atoms with Crippen molar-refractivity contribution in [3.05, 3.63) is 29.8 Å². The van der Waals surface area contributed by atoms with Crippen LogP contribution in [0.1, 0.15) is 25.3 Å². The molecule has 0 unspecified atom stereocenters. The summed E-state index contributed by atoms with van der Waals surface area (Å²) in [4.78, 5) is 11.5. The summed E-state index contributed by atoms with van der Waals surface area (Å²) in [5.74, 6) is 0.663. The minimum atomic E-state index is -0.0672. The van der Waals surface area contributed by atoms with Crippen LogP contribution in [0.4, 0.5) is 0 Å². The SMILES string of the molecule is CCCCNC(=O)COc1cccc(CNC)c1. The van der Waals surface area contributed by atoms with Crippen LogP contribution < -0.4 is 15.4 Å². The van der Waals surface area contributed by atoms with Crippen LogP contribution in [0.15, 0.2) is 24.3 Å². The molecule has 0 heterocycles. The molecule has 1 aromatic rings. The van der Waals surface area contributed by atoms with Gasteiger partial charge in [-0.2, -0.15) is 0 Å². The van der Waals surface area contributed by atoms with Crippen LogP contribution in [-0.2, 0) is 11.3 Å². The Morgan fingerprint density at radius 3 is 2.94 bits per heavy atom. The maximum Gasteiger partial charge on any atom is 0.257 e. The van der Waals surface area contributed by atoms with E-state index < -0.39 is 0 Å². The third-order valence-electron chi connectivity index (χ3n) is 2.50. The van der Waals surface area contributed by atoms with Crippen molar-refractivity contribution in [2.45, 2.75) is 26.3 Å². The molecule has 0 aliphatic heterocycles. The van der Waals surface area contributed by atoms with Crippen molar-refractivity contribution in [2.24, 2.45) is 0 Å². The van der Waals surface area contributed by atoms with Crippen LogP contribution >= 0.6 is 0 Å². The second kappa shape index (κ2) is 8.53. The van der Waals surface area contributed by atoms with Crippen LogP contribution in [0, 0.1) is 0 Å². The van der Waals surface area contributed by atoms with Crippen molar-refractivity contribution in [1.82, 2.24) is 10.6 Å². The van der Waals surface area contributed by atoms with E-state index in [0.29, 0.717) is 0 Å². The molecule has 0 bridgehead atoms. The van der Waals surface area contributed by atoms with Gasteiger partial charge in [0.15, 0.2) is 6.61 Å². The van der Waals surface area contributed by atoms with E-state index in [2.05, 4.69) is 17.6 Å². The number of carbonyl (C=O) groups excluding carboxylic acids is 1. The smallest absolute Gasteiger partial charge is 0.257 e. The van der Waals surface area contributed by atoms with Crippen LogP contribution in [0.3, 0.4) is 0 Å². The highest BCUT2D eigenvalue weighted by molar-refractivity contribution is 5.77. The van der Waals surface area contributed by atoms with Crippen molar-refractivity contribution in [2.75, 3.05) is 20.2 Å². The molecule has 0 radical (unpaired) electrons. The molecule has 0 aliphatic carbocycles. The molecule has 4 heteroatoms. The number of hydrogen-bond donors (Lipinski definition) is 2. The van der Waals surface area contributed by atoms with Crippen molar-refractivity contribution >= 4 is 5.91 Å². The Labute approximate surface area is 109 Å². The number of ether oxygens (including phenoxy) is 1. The second-order valence-electron chi connectivity index (χ2n) is 4.17. The molecule has 0 saturated heterocycles. The van der Waals surface area contributed by atoms with Crippen LogP contribution in [0.5, 0.6) is 5.75 Å². The summed E-state index contributed by atoms with van der Waals surface area (Å²) in [5, 5.41) is 5.89. The molecular formula is C14H22N2O2. The van der Waals surface area contributed by atoms with Crippen LogP contribution in [0.2, 0.25) is 0 Å². The van der Waals surface area contributed by atoms with Gasteiger partial charge in [-0.3, -0.25) is 4.79 Å². The minimum Gasteiger partial charge on any atom is -0.484 e. The summed E-state index contributed by atoms with van der Waals surface area (Å²) >= 11 is 0. The first-order chi connectivity index (χ1) is 8.76. The highest BCUT2D eigenvalue weighted by Gasteiger charge is 2.02. The first-order valence-corrected chi connectivity index (χ1v) is 6.39. The summed E-state index contributed by atoms with van der Waals surface area (Å²) in [6.07, 6.45) is 2.08. The van der Waals surface area contributed by atoms with Crippen molar-refractivity contribution < 1.29 is 9.53 Å². The monoisotopic (exact) mass is 250 g/mol. The average molecular weight is 250 g/mol. The Hall–Kier alpha value is -1.55. The third kappa shape index (κ3) is 5.68. The van der Waals surface area contributed by atoms with Gasteiger partial charge in [-0.15, -0.1) is 0 Å². The van der Waals surface area contributed by atoms with Gasteiger partial charge in [-0.1, -0.05) is 25.5 Å². The fourth-order valence-electron chi connectivity index (χ4n) is 1.55. The van der Waals surface area contributed by atoms with Gasteiger partial charge in [0.1, 0.15) is 5.75 Å². The summed E-state index contributed by atoms with van der Waals surface area (Å²) in [6.45, 7) is 3.68. The molecule has 0 saturated carbocycles. The lowest BCUT2D eigenvalue weighted by molar-refractivity contribution is -0.123. The Balaban J connectivity index is 2.33. The number of benzene rings is 1. The van der Waals surface area contributed by atoms with Gasteiger partial charge >= 0.3 is 0 Å². The van der Waals surface area contributed by atoms with Gasteiger partial charge in [-0.25, -0.2) is 0 Å². The van der Waals surface area contributed by atoms with E-state index >= 15 is 0 Å². The van der Waals surface area contributed by atoms with Gasteiger partial charge in [0.25, 0.3) is 5.91 Å². The molecule has 18 heavy (non-hydrogen) atoms. The Morgan fingerprint density at radius 1 is 1.39 bits per heavy atom. The van der Waals surface area contributed by atoms with Gasteiger partial charge in [0.2, 0.25) is 0 Å². The molecule has 1 aromatic carbocycles. The third-order valence-corrected chi connectivity index (χ3v) is 2.50. The topological polar surface area (TPSA) is 50.4 Å². The molecular weight excluding hydrogens is 228 g/mol. The fourth-order valence-corrected chi connectivity index (χ4v) is 1.55. The van der Waals surface area contributed by atoms with E-state index in [1.165, 1.54) is 0 Å². The number of hydrogen-bond acceptors (Lipinski definition) is 3. The van der Waals surface area contributed by atoms with E-state index in [0.717, 1.165) is 37.2 Å². The zero-order valence-electron chi connectivity index (χ0n) is 11.2. The lowest BCUT2D eigenvalue weighted by Gasteiger charge is -2.08. The van der Waals surface area contributed by atoms with Gasteiger partial charge < -0.3 is 15.4 Å². The van der Waals surface area contributed by atoms with E-state index in [4.69, 9.17) is 4.74 Å². The average Bonchev–Trinajstić information content (AvgIpc) is 2.38. The van der Waals surface area contributed by atoms with Gasteiger partial charge in [0, 0.05) is 13.1 Å².